The van der Waals surface area contributed by atoms with Crippen molar-refractivity contribution < 1.29 is 4.43 Å². The van der Waals surface area contributed by atoms with E-state index in [-0.39, 0.29) is 5.41 Å². The summed E-state index contributed by atoms with van der Waals surface area (Å²) in [5.74, 6) is 1.07. The molecule has 0 fully saturated rings. The van der Waals surface area contributed by atoms with E-state index in [0.717, 1.165) is 10.2 Å². The third kappa shape index (κ3) is 3.09. The summed E-state index contributed by atoms with van der Waals surface area (Å²) in [5, 5.41) is 2.56. The molecule has 0 aliphatic heterocycles. The van der Waals surface area contributed by atoms with Gasteiger partial charge in [0.15, 0.2) is 0 Å². The number of hydrogen-bond donors (Lipinski definition) is 0. The second-order valence-corrected chi connectivity index (χ2v) is 9.91. The molecule has 2 rings (SSSR count). The third-order valence-corrected chi connectivity index (χ3v) is 4.66. The quantitative estimate of drug-likeness (QED) is 0.643. The Labute approximate surface area is 132 Å². The average Bonchev–Trinajstić information content (AvgIpc) is 2.25. The van der Waals surface area contributed by atoms with E-state index in [1.807, 2.05) is 0 Å². The lowest BCUT2D eigenvalue weighted by atomic mass is 9.81. The van der Waals surface area contributed by atoms with Crippen LogP contribution in [0.15, 0.2) is 28.7 Å². The highest BCUT2D eigenvalue weighted by atomic mass is 79.9. The first-order valence-electron chi connectivity index (χ1n) is 7.10. The van der Waals surface area contributed by atoms with Crippen LogP contribution in [-0.4, -0.2) is 9.04 Å². The molecule has 0 N–H and O–H groups in total. The topological polar surface area (TPSA) is 9.23 Å². The van der Waals surface area contributed by atoms with Gasteiger partial charge in [0.05, 0.1) is 0 Å². The first-order chi connectivity index (χ1) is 9.20. The molecule has 0 atom stereocenters. The molecule has 1 nitrogen and oxygen atoms in total. The minimum absolute atomic E-state index is 0.0873. The lowest BCUT2D eigenvalue weighted by molar-refractivity contribution is 0.519. The molecule has 0 spiro atoms. The summed E-state index contributed by atoms with van der Waals surface area (Å²) in [6.07, 6.45) is 0. The highest BCUT2D eigenvalue weighted by Crippen LogP contribution is 2.39. The summed E-state index contributed by atoms with van der Waals surface area (Å²) >= 11 is 3.56. The highest BCUT2D eigenvalue weighted by molar-refractivity contribution is 9.10. The lowest BCUT2D eigenvalue weighted by Gasteiger charge is -2.27. The van der Waals surface area contributed by atoms with Gasteiger partial charge in [0.2, 0.25) is 9.04 Å². The number of halogens is 1. The molecule has 0 saturated heterocycles. The zero-order valence-electron chi connectivity index (χ0n) is 13.2. The summed E-state index contributed by atoms with van der Waals surface area (Å²) in [5.41, 5.74) is 2.77. The van der Waals surface area contributed by atoms with Crippen molar-refractivity contribution in [1.29, 1.82) is 0 Å². The van der Waals surface area contributed by atoms with Crippen LogP contribution >= 0.6 is 15.9 Å². The molecule has 0 unspecified atom stereocenters. The molecule has 0 heterocycles. The molecule has 0 radical (unpaired) electrons. The van der Waals surface area contributed by atoms with Crippen LogP contribution in [0.2, 0.25) is 13.1 Å². The second-order valence-electron chi connectivity index (χ2n) is 6.66. The van der Waals surface area contributed by atoms with Gasteiger partial charge in [-0.15, -0.1) is 0 Å². The molecule has 0 aliphatic carbocycles. The van der Waals surface area contributed by atoms with Crippen LogP contribution in [0.25, 0.3) is 10.8 Å². The van der Waals surface area contributed by atoms with Crippen molar-refractivity contribution in [1.82, 2.24) is 0 Å². The van der Waals surface area contributed by atoms with Crippen molar-refractivity contribution in [3.05, 3.63) is 39.9 Å². The molecule has 108 valence electrons. The van der Waals surface area contributed by atoms with Gasteiger partial charge in [-0.1, -0.05) is 42.8 Å². The van der Waals surface area contributed by atoms with E-state index in [1.165, 1.54) is 21.9 Å². The third-order valence-electron chi connectivity index (χ3n) is 3.44. The minimum atomic E-state index is -1.12. The molecule has 2 aromatic carbocycles. The maximum Gasteiger partial charge on any atom is 0.229 e. The Morgan fingerprint density at radius 3 is 2.30 bits per heavy atom. The van der Waals surface area contributed by atoms with Crippen molar-refractivity contribution in [2.75, 3.05) is 0 Å². The fourth-order valence-electron chi connectivity index (χ4n) is 2.81. The number of hydrogen-bond acceptors (Lipinski definition) is 1. The molecule has 0 aromatic heterocycles. The standard InChI is InChI=1S/C17H23BrOSi/c1-11-14-8-7-13(18)9-12(14)10-15(19-20(5)6)16(11)17(2,3)4/h7-10,20H,1-6H3. The lowest BCUT2D eigenvalue weighted by Crippen LogP contribution is -2.19. The van der Waals surface area contributed by atoms with Gasteiger partial charge in [-0.2, -0.15) is 0 Å². The summed E-state index contributed by atoms with van der Waals surface area (Å²) in [4.78, 5) is 0. The molecule has 0 saturated carbocycles. The van der Waals surface area contributed by atoms with Gasteiger partial charge in [-0.25, -0.2) is 0 Å². The van der Waals surface area contributed by atoms with Crippen LogP contribution in [0.5, 0.6) is 5.75 Å². The van der Waals surface area contributed by atoms with Crippen molar-refractivity contribution in [2.45, 2.75) is 46.2 Å². The van der Waals surface area contributed by atoms with E-state index in [0.29, 0.717) is 0 Å². The molecule has 20 heavy (non-hydrogen) atoms. The Bertz CT molecular complexity index is 641. The zero-order chi connectivity index (χ0) is 15.1. The van der Waals surface area contributed by atoms with E-state index in [9.17, 15) is 0 Å². The van der Waals surface area contributed by atoms with Crippen LogP contribution in [-0.2, 0) is 5.41 Å². The average molecular weight is 351 g/mol. The summed E-state index contributed by atoms with van der Waals surface area (Å²) < 4.78 is 7.34. The zero-order valence-corrected chi connectivity index (χ0v) is 15.9. The van der Waals surface area contributed by atoms with Gasteiger partial charge >= 0.3 is 0 Å². The van der Waals surface area contributed by atoms with Gasteiger partial charge in [-0.05, 0) is 60.0 Å². The Morgan fingerprint density at radius 2 is 1.75 bits per heavy atom. The van der Waals surface area contributed by atoms with Crippen molar-refractivity contribution >= 4 is 35.7 Å². The van der Waals surface area contributed by atoms with Crippen molar-refractivity contribution in [3.8, 4) is 5.75 Å². The normalized spacial score (nSPS) is 12.2. The SMILES string of the molecule is Cc1c(C(C)(C)C)c(O[SiH](C)C)cc2cc(Br)ccc12. The fraction of sp³-hybridized carbons (Fsp3) is 0.412. The predicted molar refractivity (Wildman–Crippen MR) is 94.6 cm³/mol. The minimum Gasteiger partial charge on any atom is -0.547 e. The Balaban J connectivity index is 2.79. The van der Waals surface area contributed by atoms with Crippen LogP contribution in [0.3, 0.4) is 0 Å². The summed E-state index contributed by atoms with van der Waals surface area (Å²) in [6.45, 7) is 13.4. The number of benzene rings is 2. The molecule has 2 aromatic rings. The molecule has 0 bridgehead atoms. The van der Waals surface area contributed by atoms with Gasteiger partial charge in [0.25, 0.3) is 0 Å². The molecule has 0 aliphatic rings. The molecular formula is C17H23BrOSi. The smallest absolute Gasteiger partial charge is 0.229 e. The maximum atomic E-state index is 6.22. The largest absolute Gasteiger partial charge is 0.547 e. The molecule has 0 amide bonds. The Kier molecular flexibility index (Phi) is 4.31. The van der Waals surface area contributed by atoms with E-state index < -0.39 is 9.04 Å². The predicted octanol–water partition coefficient (Wildman–Crippen LogP) is 5.57. The number of rotatable bonds is 2. The van der Waals surface area contributed by atoms with Crippen molar-refractivity contribution in [2.24, 2.45) is 0 Å². The second kappa shape index (κ2) is 5.53. The van der Waals surface area contributed by atoms with Crippen LogP contribution in [0.4, 0.5) is 0 Å². The van der Waals surface area contributed by atoms with Crippen LogP contribution < -0.4 is 4.43 Å². The first-order valence-corrected chi connectivity index (χ1v) is 10.7. The van der Waals surface area contributed by atoms with Crippen LogP contribution in [0, 0.1) is 6.92 Å². The molecule has 3 heteroatoms. The van der Waals surface area contributed by atoms with Gasteiger partial charge in [0.1, 0.15) is 5.75 Å². The number of aryl methyl sites for hydroxylation is 1. The van der Waals surface area contributed by atoms with Gasteiger partial charge < -0.3 is 4.43 Å². The number of fused-ring (bicyclic) bond motifs is 1. The van der Waals surface area contributed by atoms with E-state index >= 15 is 0 Å². The summed E-state index contributed by atoms with van der Waals surface area (Å²) in [6, 6.07) is 8.68. The van der Waals surface area contributed by atoms with Crippen LogP contribution in [0.1, 0.15) is 31.9 Å². The van der Waals surface area contributed by atoms with Crippen molar-refractivity contribution in [3.63, 3.8) is 0 Å². The maximum absolute atomic E-state index is 6.22. The first kappa shape index (κ1) is 15.6. The fourth-order valence-corrected chi connectivity index (χ4v) is 3.88. The molecular weight excluding hydrogens is 328 g/mol. The van der Waals surface area contributed by atoms with E-state index in [1.54, 1.807) is 0 Å². The van der Waals surface area contributed by atoms with Gasteiger partial charge in [-0.3, -0.25) is 0 Å². The van der Waals surface area contributed by atoms with E-state index in [4.69, 9.17) is 4.43 Å². The Morgan fingerprint density at radius 1 is 1.10 bits per heavy atom. The highest BCUT2D eigenvalue weighted by Gasteiger charge is 2.23. The summed E-state index contributed by atoms with van der Waals surface area (Å²) in [7, 11) is -1.12. The van der Waals surface area contributed by atoms with Gasteiger partial charge in [0, 0.05) is 10.0 Å². The Hall–Kier alpha value is -0.803. The van der Waals surface area contributed by atoms with E-state index in [2.05, 4.69) is 81.0 Å². The monoisotopic (exact) mass is 350 g/mol.